The van der Waals surface area contributed by atoms with E-state index in [1.54, 1.807) is 17.1 Å². The van der Waals surface area contributed by atoms with Crippen LogP contribution in [0.3, 0.4) is 0 Å². The number of nitrogens with zero attached hydrogens (tertiary/aromatic N) is 3. The number of hydrogen-bond donors (Lipinski definition) is 0. The van der Waals surface area contributed by atoms with Gasteiger partial charge in [-0.15, -0.1) is 11.3 Å². The number of para-hydroxylation sites is 1. The van der Waals surface area contributed by atoms with Crippen LogP contribution in [0.5, 0.6) is 0 Å². The summed E-state index contributed by atoms with van der Waals surface area (Å²) in [4.78, 5) is 33.1. The molecule has 0 N–H and O–H groups in total. The largest absolute Gasteiger partial charge is 0.332 e. The molecule has 1 atom stereocenters. The average molecular weight is 434 g/mol. The highest BCUT2D eigenvalue weighted by Crippen LogP contribution is 2.29. The van der Waals surface area contributed by atoms with Crippen molar-refractivity contribution in [2.75, 3.05) is 4.90 Å². The molecule has 2 aromatic carbocycles. The highest BCUT2D eigenvalue weighted by atomic mass is 32.1. The summed E-state index contributed by atoms with van der Waals surface area (Å²) in [6.45, 7) is 6.21. The molecule has 0 saturated carbocycles. The summed E-state index contributed by atoms with van der Waals surface area (Å²) >= 11 is 1.37. The van der Waals surface area contributed by atoms with Crippen LogP contribution in [0.4, 0.5) is 10.8 Å². The zero-order chi connectivity index (χ0) is 22.2. The Hall–Kier alpha value is -3.25. The van der Waals surface area contributed by atoms with Gasteiger partial charge in [0.25, 0.3) is 0 Å². The predicted molar refractivity (Wildman–Crippen MR) is 127 cm³/mol. The molecule has 3 rings (SSSR count). The van der Waals surface area contributed by atoms with E-state index in [1.807, 2.05) is 70.9 Å². The molecule has 1 heterocycles. The molecule has 0 aliphatic rings. The summed E-state index contributed by atoms with van der Waals surface area (Å²) in [5.41, 5.74) is 2.52. The molecule has 0 radical (unpaired) electrons. The van der Waals surface area contributed by atoms with E-state index in [4.69, 9.17) is 0 Å². The number of carbonyl (C=O) groups excluding carboxylic acids is 2. The van der Waals surface area contributed by atoms with Crippen LogP contribution in [0.15, 0.2) is 72.1 Å². The minimum atomic E-state index is -0.113. The fourth-order valence-corrected chi connectivity index (χ4v) is 4.02. The van der Waals surface area contributed by atoms with Crippen molar-refractivity contribution in [3.8, 4) is 0 Å². The van der Waals surface area contributed by atoms with E-state index in [9.17, 15) is 9.59 Å². The van der Waals surface area contributed by atoms with E-state index in [2.05, 4.69) is 18.8 Å². The second-order valence-electron chi connectivity index (χ2n) is 7.29. The van der Waals surface area contributed by atoms with Crippen LogP contribution in [-0.4, -0.2) is 27.7 Å². The van der Waals surface area contributed by atoms with Crippen LogP contribution in [-0.2, 0) is 16.1 Å². The number of amides is 2. The molecule has 0 spiro atoms. The maximum absolute atomic E-state index is 12.9. The lowest BCUT2D eigenvalue weighted by Gasteiger charge is -2.27. The third-order valence-corrected chi connectivity index (χ3v) is 5.87. The molecule has 31 heavy (non-hydrogen) atoms. The smallest absolute Gasteiger partial charge is 0.247 e. The van der Waals surface area contributed by atoms with Crippen molar-refractivity contribution >= 4 is 40.0 Å². The zero-order valence-electron chi connectivity index (χ0n) is 18.1. The quantitative estimate of drug-likeness (QED) is 0.430. The van der Waals surface area contributed by atoms with Crippen molar-refractivity contribution in [2.24, 2.45) is 0 Å². The summed E-state index contributed by atoms with van der Waals surface area (Å²) in [5, 5.41) is 2.43. The van der Waals surface area contributed by atoms with Gasteiger partial charge in [0.05, 0.1) is 11.4 Å². The van der Waals surface area contributed by atoms with Gasteiger partial charge in [0.15, 0.2) is 5.13 Å². The average Bonchev–Trinajstić information content (AvgIpc) is 3.25. The van der Waals surface area contributed by atoms with E-state index in [0.29, 0.717) is 17.4 Å². The van der Waals surface area contributed by atoms with Crippen LogP contribution in [0.2, 0.25) is 0 Å². The van der Waals surface area contributed by atoms with E-state index >= 15 is 0 Å². The lowest BCUT2D eigenvalue weighted by atomic mass is 10.1. The third kappa shape index (κ3) is 5.89. The summed E-state index contributed by atoms with van der Waals surface area (Å²) in [6, 6.07) is 19.5. The van der Waals surface area contributed by atoms with Gasteiger partial charge in [-0.1, -0.05) is 55.5 Å². The SMILES string of the molecule is CCC(C)N(Cc1ccccc1)C(=O)/C=C/c1csc(N(C(C)=O)c2ccccc2)n1. The Morgan fingerprint density at radius 1 is 1.06 bits per heavy atom. The second-order valence-corrected chi connectivity index (χ2v) is 8.12. The number of rotatable bonds is 8. The first kappa shape index (κ1) is 22.4. The molecule has 2 amide bonds. The minimum absolute atomic E-state index is 0.0563. The molecule has 1 unspecified atom stereocenters. The fourth-order valence-electron chi connectivity index (χ4n) is 3.16. The van der Waals surface area contributed by atoms with Crippen molar-refractivity contribution in [2.45, 2.75) is 39.8 Å². The first-order chi connectivity index (χ1) is 15.0. The molecule has 0 fully saturated rings. The highest BCUT2D eigenvalue weighted by molar-refractivity contribution is 7.14. The zero-order valence-corrected chi connectivity index (χ0v) is 18.9. The number of hydrogen-bond acceptors (Lipinski definition) is 4. The fraction of sp³-hybridized carbons (Fsp3) is 0.240. The number of carbonyl (C=O) groups is 2. The summed E-state index contributed by atoms with van der Waals surface area (Å²) in [6.07, 6.45) is 4.15. The van der Waals surface area contributed by atoms with Gasteiger partial charge in [-0.3, -0.25) is 14.5 Å². The molecular formula is C25H27N3O2S. The van der Waals surface area contributed by atoms with Gasteiger partial charge in [0.2, 0.25) is 11.8 Å². The number of anilines is 2. The highest BCUT2D eigenvalue weighted by Gasteiger charge is 2.19. The molecule has 0 saturated heterocycles. The minimum Gasteiger partial charge on any atom is -0.332 e. The summed E-state index contributed by atoms with van der Waals surface area (Å²) < 4.78 is 0. The Morgan fingerprint density at radius 3 is 2.32 bits per heavy atom. The van der Waals surface area contributed by atoms with Gasteiger partial charge in [0, 0.05) is 31.0 Å². The Morgan fingerprint density at radius 2 is 1.71 bits per heavy atom. The van der Waals surface area contributed by atoms with Crippen LogP contribution >= 0.6 is 11.3 Å². The lowest BCUT2D eigenvalue weighted by Crippen LogP contribution is -2.36. The van der Waals surface area contributed by atoms with Crippen molar-refractivity contribution in [1.82, 2.24) is 9.88 Å². The normalized spacial score (nSPS) is 12.0. The standard InChI is InChI=1S/C25H27N3O2S/c1-4-19(2)27(17-21-11-7-5-8-12-21)24(30)16-15-22-18-31-25(26-22)28(20(3)29)23-13-9-6-10-14-23/h5-16,18-19H,4,17H2,1-3H3/b16-15+. The lowest BCUT2D eigenvalue weighted by molar-refractivity contribution is -0.128. The van der Waals surface area contributed by atoms with Crippen molar-refractivity contribution in [3.05, 3.63) is 83.4 Å². The van der Waals surface area contributed by atoms with E-state index < -0.39 is 0 Å². The Bertz CT molecular complexity index is 1030. The Kier molecular flexibility index (Phi) is 7.73. The van der Waals surface area contributed by atoms with Gasteiger partial charge in [-0.05, 0) is 37.1 Å². The molecule has 1 aromatic heterocycles. The maximum atomic E-state index is 12.9. The van der Waals surface area contributed by atoms with Gasteiger partial charge < -0.3 is 4.90 Å². The number of thiazole rings is 1. The van der Waals surface area contributed by atoms with Crippen LogP contribution in [0, 0.1) is 0 Å². The van der Waals surface area contributed by atoms with Gasteiger partial charge in [0.1, 0.15) is 0 Å². The van der Waals surface area contributed by atoms with Crippen molar-refractivity contribution < 1.29 is 9.59 Å². The van der Waals surface area contributed by atoms with E-state index in [-0.39, 0.29) is 17.9 Å². The third-order valence-electron chi connectivity index (χ3n) is 5.03. The molecule has 0 aliphatic heterocycles. The van der Waals surface area contributed by atoms with Crippen LogP contribution in [0.1, 0.15) is 38.4 Å². The molecule has 160 valence electrons. The van der Waals surface area contributed by atoms with Gasteiger partial charge in [-0.25, -0.2) is 4.98 Å². The van der Waals surface area contributed by atoms with E-state index in [1.165, 1.54) is 18.3 Å². The molecule has 5 nitrogen and oxygen atoms in total. The van der Waals surface area contributed by atoms with Crippen LogP contribution < -0.4 is 4.90 Å². The first-order valence-electron chi connectivity index (χ1n) is 10.3. The molecule has 0 bridgehead atoms. The number of aromatic nitrogens is 1. The first-order valence-corrected chi connectivity index (χ1v) is 11.2. The molecule has 6 heteroatoms. The summed E-state index contributed by atoms with van der Waals surface area (Å²) in [5.74, 6) is -0.169. The Labute approximate surface area is 187 Å². The van der Waals surface area contributed by atoms with Crippen molar-refractivity contribution in [1.29, 1.82) is 0 Å². The topological polar surface area (TPSA) is 53.5 Å². The second kappa shape index (κ2) is 10.7. The summed E-state index contributed by atoms with van der Waals surface area (Å²) in [7, 11) is 0. The van der Waals surface area contributed by atoms with Crippen molar-refractivity contribution in [3.63, 3.8) is 0 Å². The number of benzene rings is 2. The van der Waals surface area contributed by atoms with Crippen LogP contribution in [0.25, 0.3) is 6.08 Å². The monoisotopic (exact) mass is 433 g/mol. The van der Waals surface area contributed by atoms with E-state index in [0.717, 1.165) is 17.7 Å². The van der Waals surface area contributed by atoms with Gasteiger partial charge in [-0.2, -0.15) is 0 Å². The Balaban J connectivity index is 1.76. The molecule has 3 aromatic rings. The maximum Gasteiger partial charge on any atom is 0.247 e. The van der Waals surface area contributed by atoms with Gasteiger partial charge >= 0.3 is 0 Å². The predicted octanol–water partition coefficient (Wildman–Crippen LogP) is 5.67. The molecule has 0 aliphatic carbocycles. The molecular weight excluding hydrogens is 406 g/mol.